The molecule has 1 saturated heterocycles. The Morgan fingerprint density at radius 1 is 1.50 bits per heavy atom. The van der Waals surface area contributed by atoms with E-state index >= 15 is 0 Å². The molecule has 3 N–H and O–H groups in total. The van der Waals surface area contributed by atoms with Crippen molar-refractivity contribution < 1.29 is 17.5 Å². The molecule has 1 unspecified atom stereocenters. The van der Waals surface area contributed by atoms with Crippen molar-refractivity contribution in [1.82, 2.24) is 4.72 Å². The van der Waals surface area contributed by atoms with Gasteiger partial charge < -0.3 is 10.5 Å². The Labute approximate surface area is 118 Å². The van der Waals surface area contributed by atoms with Crippen LogP contribution in [0.1, 0.15) is 24.8 Å². The number of halogens is 1. The molecule has 0 radical (unpaired) electrons. The van der Waals surface area contributed by atoms with Crippen molar-refractivity contribution in [3.63, 3.8) is 0 Å². The fraction of sp³-hybridized carbons (Fsp3) is 0.538. The number of aryl methyl sites for hydroxylation is 1. The van der Waals surface area contributed by atoms with Gasteiger partial charge in [-0.1, -0.05) is 0 Å². The number of nitrogens with one attached hydrogen (secondary N) is 1. The van der Waals surface area contributed by atoms with Gasteiger partial charge in [0.15, 0.2) is 0 Å². The summed E-state index contributed by atoms with van der Waals surface area (Å²) in [6, 6.07) is 2.41. The number of ether oxygens (including phenoxy) is 1. The minimum Gasteiger partial charge on any atom is -0.396 e. The van der Waals surface area contributed by atoms with Gasteiger partial charge in [-0.05, 0) is 43.9 Å². The van der Waals surface area contributed by atoms with E-state index in [1.807, 2.05) is 0 Å². The van der Waals surface area contributed by atoms with E-state index in [9.17, 15) is 12.8 Å². The maximum Gasteiger partial charge on any atom is 0.240 e. The predicted octanol–water partition coefficient (Wildman–Crippen LogP) is 1.56. The lowest BCUT2D eigenvalue weighted by atomic mass is 10.2. The lowest BCUT2D eigenvalue weighted by Crippen LogP contribution is -2.27. The lowest BCUT2D eigenvalue weighted by molar-refractivity contribution is 0.105. The van der Waals surface area contributed by atoms with Gasteiger partial charge in [0, 0.05) is 13.2 Å². The number of hydrogen-bond acceptors (Lipinski definition) is 4. The first-order valence-electron chi connectivity index (χ1n) is 6.57. The SMILES string of the molecule is Cc1cc(S(=O)(=O)NCCC2CCCO2)cc(N)c1F. The summed E-state index contributed by atoms with van der Waals surface area (Å²) < 4.78 is 45.5. The second-order valence-corrected chi connectivity index (χ2v) is 6.73. The molecule has 1 fully saturated rings. The standard InChI is InChI=1S/C13H19FN2O3S/c1-9-7-11(8-12(15)13(9)14)20(17,18)16-5-4-10-3-2-6-19-10/h7-8,10,16H,2-6,15H2,1H3. The molecule has 112 valence electrons. The maximum atomic E-state index is 13.4. The van der Waals surface area contributed by atoms with Crippen LogP contribution in [0.25, 0.3) is 0 Å². The Hall–Kier alpha value is -1.18. The van der Waals surface area contributed by atoms with Crippen molar-refractivity contribution in [2.75, 3.05) is 18.9 Å². The zero-order chi connectivity index (χ0) is 14.8. The van der Waals surface area contributed by atoms with Gasteiger partial charge in [0.1, 0.15) is 5.82 Å². The Bertz CT molecular complexity index is 560. The predicted molar refractivity (Wildman–Crippen MR) is 74.3 cm³/mol. The van der Waals surface area contributed by atoms with E-state index < -0.39 is 15.8 Å². The van der Waals surface area contributed by atoms with Crippen LogP contribution in [-0.2, 0) is 14.8 Å². The van der Waals surface area contributed by atoms with Gasteiger partial charge in [-0.2, -0.15) is 0 Å². The monoisotopic (exact) mass is 302 g/mol. The first-order chi connectivity index (χ1) is 9.40. The molecule has 5 nitrogen and oxygen atoms in total. The Morgan fingerprint density at radius 3 is 2.85 bits per heavy atom. The highest BCUT2D eigenvalue weighted by molar-refractivity contribution is 7.89. The number of nitrogens with two attached hydrogens (primary N) is 1. The van der Waals surface area contributed by atoms with Crippen LogP contribution in [0, 0.1) is 12.7 Å². The summed E-state index contributed by atoms with van der Waals surface area (Å²) in [6.07, 6.45) is 2.74. The van der Waals surface area contributed by atoms with Gasteiger partial charge in [-0.25, -0.2) is 17.5 Å². The van der Waals surface area contributed by atoms with E-state index in [1.54, 1.807) is 0 Å². The number of anilines is 1. The molecule has 2 rings (SSSR count). The summed E-state index contributed by atoms with van der Waals surface area (Å²) >= 11 is 0. The van der Waals surface area contributed by atoms with Crippen molar-refractivity contribution >= 4 is 15.7 Å². The molecule has 0 bridgehead atoms. The fourth-order valence-corrected chi connectivity index (χ4v) is 3.39. The summed E-state index contributed by atoms with van der Waals surface area (Å²) in [6.45, 7) is 2.52. The van der Waals surface area contributed by atoms with Gasteiger partial charge in [0.25, 0.3) is 0 Å². The highest BCUT2D eigenvalue weighted by Crippen LogP contribution is 2.21. The zero-order valence-electron chi connectivity index (χ0n) is 11.4. The van der Waals surface area contributed by atoms with Crippen molar-refractivity contribution in [2.24, 2.45) is 0 Å². The first kappa shape index (κ1) is 15.2. The zero-order valence-corrected chi connectivity index (χ0v) is 12.2. The lowest BCUT2D eigenvalue weighted by Gasteiger charge is -2.12. The Kier molecular flexibility index (Phi) is 4.62. The molecule has 1 aromatic carbocycles. The molecule has 1 heterocycles. The summed E-state index contributed by atoms with van der Waals surface area (Å²) in [5.41, 5.74) is 5.51. The van der Waals surface area contributed by atoms with E-state index in [1.165, 1.54) is 13.0 Å². The molecular weight excluding hydrogens is 283 g/mol. The molecular formula is C13H19FN2O3S. The minimum atomic E-state index is -3.67. The van der Waals surface area contributed by atoms with Gasteiger partial charge >= 0.3 is 0 Å². The van der Waals surface area contributed by atoms with Gasteiger partial charge in [-0.15, -0.1) is 0 Å². The summed E-state index contributed by atoms with van der Waals surface area (Å²) in [5, 5.41) is 0. The number of sulfonamides is 1. The summed E-state index contributed by atoms with van der Waals surface area (Å²) in [5.74, 6) is -0.580. The van der Waals surface area contributed by atoms with Gasteiger partial charge in [0.2, 0.25) is 10.0 Å². The van der Waals surface area contributed by atoms with E-state index in [2.05, 4.69) is 4.72 Å². The maximum absolute atomic E-state index is 13.4. The van der Waals surface area contributed by atoms with E-state index in [0.29, 0.717) is 13.0 Å². The normalized spacial score (nSPS) is 19.4. The summed E-state index contributed by atoms with van der Waals surface area (Å²) in [7, 11) is -3.67. The molecule has 0 aliphatic carbocycles. The average Bonchev–Trinajstić information content (AvgIpc) is 2.88. The third kappa shape index (κ3) is 3.47. The number of hydrogen-bond donors (Lipinski definition) is 2. The molecule has 0 aromatic heterocycles. The number of nitrogen functional groups attached to an aromatic ring is 1. The highest BCUT2D eigenvalue weighted by Gasteiger charge is 2.19. The van der Waals surface area contributed by atoms with Crippen LogP contribution in [0.4, 0.5) is 10.1 Å². The largest absolute Gasteiger partial charge is 0.396 e. The van der Waals surface area contributed by atoms with E-state index in [4.69, 9.17) is 10.5 Å². The van der Waals surface area contributed by atoms with Crippen molar-refractivity contribution in [1.29, 1.82) is 0 Å². The van der Waals surface area contributed by atoms with E-state index in [0.717, 1.165) is 25.5 Å². The number of rotatable bonds is 5. The quantitative estimate of drug-likeness (QED) is 0.809. The molecule has 0 amide bonds. The first-order valence-corrected chi connectivity index (χ1v) is 8.05. The van der Waals surface area contributed by atoms with Gasteiger partial charge in [0.05, 0.1) is 16.7 Å². The topological polar surface area (TPSA) is 81.4 Å². The molecule has 7 heteroatoms. The second-order valence-electron chi connectivity index (χ2n) is 4.96. The summed E-state index contributed by atoms with van der Waals surface area (Å²) in [4.78, 5) is -0.0127. The van der Waals surface area contributed by atoms with Crippen LogP contribution in [0.3, 0.4) is 0 Å². The fourth-order valence-electron chi connectivity index (χ4n) is 2.23. The molecule has 1 atom stereocenters. The van der Waals surface area contributed by atoms with Crippen molar-refractivity contribution in [3.8, 4) is 0 Å². The number of benzene rings is 1. The Morgan fingerprint density at radius 2 is 2.25 bits per heavy atom. The Balaban J connectivity index is 2.02. The van der Waals surface area contributed by atoms with E-state index in [-0.39, 0.29) is 22.3 Å². The molecule has 1 aliphatic rings. The van der Waals surface area contributed by atoms with Gasteiger partial charge in [-0.3, -0.25) is 0 Å². The van der Waals surface area contributed by atoms with Crippen LogP contribution in [0.5, 0.6) is 0 Å². The highest BCUT2D eigenvalue weighted by atomic mass is 32.2. The molecule has 1 aromatic rings. The van der Waals surface area contributed by atoms with Crippen molar-refractivity contribution in [2.45, 2.75) is 37.2 Å². The van der Waals surface area contributed by atoms with Crippen LogP contribution < -0.4 is 10.5 Å². The minimum absolute atomic E-state index is 0.0127. The smallest absolute Gasteiger partial charge is 0.240 e. The van der Waals surface area contributed by atoms with Crippen LogP contribution in [-0.4, -0.2) is 27.7 Å². The van der Waals surface area contributed by atoms with Crippen LogP contribution >= 0.6 is 0 Å². The van der Waals surface area contributed by atoms with Crippen molar-refractivity contribution in [3.05, 3.63) is 23.5 Å². The molecule has 20 heavy (non-hydrogen) atoms. The van der Waals surface area contributed by atoms with Crippen LogP contribution in [0.15, 0.2) is 17.0 Å². The van der Waals surface area contributed by atoms with Crippen LogP contribution in [0.2, 0.25) is 0 Å². The third-order valence-corrected chi connectivity index (χ3v) is 4.79. The molecule has 0 spiro atoms. The average molecular weight is 302 g/mol. The third-order valence-electron chi connectivity index (χ3n) is 3.35. The molecule has 1 aliphatic heterocycles. The molecule has 0 saturated carbocycles. The second kappa shape index (κ2) is 6.07.